The summed E-state index contributed by atoms with van der Waals surface area (Å²) in [6.45, 7) is 0. The first-order chi connectivity index (χ1) is 9.45. The minimum atomic E-state index is -0.579. The quantitative estimate of drug-likeness (QED) is 0.721. The minimum absolute atomic E-state index is 0.0162. The zero-order chi connectivity index (χ0) is 14.7. The molecule has 0 radical (unpaired) electrons. The lowest BCUT2D eigenvalue weighted by atomic mass is 10.3. The van der Waals surface area contributed by atoms with Gasteiger partial charge >= 0.3 is 6.03 Å². The van der Waals surface area contributed by atoms with Crippen molar-refractivity contribution in [2.45, 2.75) is 0 Å². The molecule has 2 amide bonds. The number of hydrogen-bond acceptors (Lipinski definition) is 2. The van der Waals surface area contributed by atoms with Gasteiger partial charge in [-0.2, -0.15) is 0 Å². The van der Waals surface area contributed by atoms with Crippen LogP contribution in [0.3, 0.4) is 0 Å². The predicted molar refractivity (Wildman–Crippen MR) is 79.9 cm³/mol. The van der Waals surface area contributed by atoms with Gasteiger partial charge in [0.2, 0.25) is 0 Å². The van der Waals surface area contributed by atoms with Crippen molar-refractivity contribution in [3.8, 4) is 0 Å². The molecule has 0 fully saturated rings. The number of carbonyl (C=O) groups is 1. The zero-order valence-electron chi connectivity index (χ0n) is 10.1. The molecular weight excluding hydrogens is 304 g/mol. The second-order valence-corrected chi connectivity index (χ2v) is 4.76. The molecule has 7 heteroatoms. The second kappa shape index (κ2) is 5.98. The summed E-state index contributed by atoms with van der Waals surface area (Å²) in [6.07, 6.45) is 0. The van der Waals surface area contributed by atoms with E-state index in [4.69, 9.17) is 28.9 Å². The molecule has 4 N–H and O–H groups in total. The van der Waals surface area contributed by atoms with Gasteiger partial charge in [-0.05, 0) is 36.4 Å². The molecule has 104 valence electrons. The number of nitrogen functional groups attached to an aromatic ring is 1. The molecule has 0 atom stereocenters. The third kappa shape index (κ3) is 3.53. The van der Waals surface area contributed by atoms with Crippen LogP contribution in [0.4, 0.5) is 26.2 Å². The van der Waals surface area contributed by atoms with Crippen molar-refractivity contribution in [1.29, 1.82) is 0 Å². The smallest absolute Gasteiger partial charge is 0.323 e. The first-order valence-corrected chi connectivity index (χ1v) is 6.29. The maximum atomic E-state index is 13.0. The molecular formula is C13H10Cl2FN3O. The molecule has 0 aliphatic rings. The number of anilines is 3. The molecule has 2 rings (SSSR count). The second-order valence-electron chi connectivity index (χ2n) is 3.95. The summed E-state index contributed by atoms with van der Waals surface area (Å²) in [4.78, 5) is 11.8. The normalized spacial score (nSPS) is 10.2. The molecule has 0 saturated heterocycles. The first-order valence-electron chi connectivity index (χ1n) is 5.54. The number of benzene rings is 2. The molecule has 20 heavy (non-hydrogen) atoms. The van der Waals surface area contributed by atoms with Crippen molar-refractivity contribution >= 4 is 46.3 Å². The fourth-order valence-electron chi connectivity index (χ4n) is 1.50. The standard InChI is InChI=1S/C13H10Cl2FN3O/c14-10-5-7(16)6-11(15)12(10)19-13(20)18-9-3-1-8(17)2-4-9/h1-6H,17H2,(H2,18,19,20). The van der Waals surface area contributed by atoms with Gasteiger partial charge in [0.05, 0.1) is 15.7 Å². The number of amides is 2. The molecule has 0 aliphatic heterocycles. The van der Waals surface area contributed by atoms with E-state index in [0.29, 0.717) is 11.4 Å². The van der Waals surface area contributed by atoms with Crippen molar-refractivity contribution in [3.63, 3.8) is 0 Å². The Hall–Kier alpha value is -1.98. The van der Waals surface area contributed by atoms with E-state index in [0.717, 1.165) is 12.1 Å². The number of nitrogens with two attached hydrogens (primary N) is 1. The summed E-state index contributed by atoms with van der Waals surface area (Å²) < 4.78 is 13.0. The van der Waals surface area contributed by atoms with E-state index in [1.54, 1.807) is 24.3 Å². The Bertz CT molecular complexity index is 624. The highest BCUT2D eigenvalue weighted by atomic mass is 35.5. The van der Waals surface area contributed by atoms with Crippen molar-refractivity contribution in [2.24, 2.45) is 0 Å². The van der Waals surface area contributed by atoms with Gasteiger partial charge in [-0.1, -0.05) is 23.2 Å². The number of halogens is 3. The van der Waals surface area contributed by atoms with Gasteiger partial charge in [0.15, 0.2) is 0 Å². The van der Waals surface area contributed by atoms with Crippen LogP contribution in [0, 0.1) is 5.82 Å². The Morgan fingerprint density at radius 2 is 1.60 bits per heavy atom. The van der Waals surface area contributed by atoms with Crippen molar-refractivity contribution < 1.29 is 9.18 Å². The first kappa shape index (κ1) is 14.4. The SMILES string of the molecule is Nc1ccc(NC(=O)Nc2c(Cl)cc(F)cc2Cl)cc1. The third-order valence-electron chi connectivity index (χ3n) is 2.41. The molecule has 0 saturated carbocycles. The summed E-state index contributed by atoms with van der Waals surface area (Å²) in [6, 6.07) is 8.15. The molecule has 2 aromatic carbocycles. The van der Waals surface area contributed by atoms with Crippen LogP contribution in [0.2, 0.25) is 10.0 Å². The molecule has 0 bridgehead atoms. The van der Waals surface area contributed by atoms with Crippen LogP contribution in [0.1, 0.15) is 0 Å². The fraction of sp³-hybridized carbons (Fsp3) is 0. The van der Waals surface area contributed by atoms with Crippen molar-refractivity contribution in [2.75, 3.05) is 16.4 Å². The Kier molecular flexibility index (Phi) is 4.32. The maximum absolute atomic E-state index is 13.0. The highest BCUT2D eigenvalue weighted by molar-refractivity contribution is 6.39. The average Bonchev–Trinajstić information content (AvgIpc) is 2.36. The van der Waals surface area contributed by atoms with Crippen LogP contribution < -0.4 is 16.4 Å². The van der Waals surface area contributed by atoms with Crippen LogP contribution >= 0.6 is 23.2 Å². The number of urea groups is 1. The molecule has 2 aromatic rings. The van der Waals surface area contributed by atoms with Crippen LogP contribution in [-0.4, -0.2) is 6.03 Å². The van der Waals surface area contributed by atoms with E-state index in [-0.39, 0.29) is 15.7 Å². The van der Waals surface area contributed by atoms with E-state index in [1.807, 2.05) is 0 Å². The van der Waals surface area contributed by atoms with Crippen molar-refractivity contribution in [1.82, 2.24) is 0 Å². The predicted octanol–water partition coefficient (Wildman–Crippen LogP) is 4.36. The van der Waals surface area contributed by atoms with Gasteiger partial charge in [0.25, 0.3) is 0 Å². The van der Waals surface area contributed by atoms with Gasteiger partial charge in [-0.25, -0.2) is 9.18 Å². The molecule has 4 nitrogen and oxygen atoms in total. The number of carbonyl (C=O) groups excluding carboxylic acids is 1. The van der Waals surface area contributed by atoms with Gasteiger partial charge in [-0.15, -0.1) is 0 Å². The summed E-state index contributed by atoms with van der Waals surface area (Å²) in [5, 5.41) is 5.06. The Balaban J connectivity index is 2.10. The topological polar surface area (TPSA) is 67.1 Å². The highest BCUT2D eigenvalue weighted by Crippen LogP contribution is 2.31. The molecule has 0 spiro atoms. The van der Waals surface area contributed by atoms with Crippen LogP contribution in [0.25, 0.3) is 0 Å². The number of rotatable bonds is 2. The summed E-state index contributed by atoms with van der Waals surface area (Å²) in [5.74, 6) is -0.579. The average molecular weight is 314 g/mol. The van der Waals surface area contributed by atoms with E-state index < -0.39 is 11.8 Å². The largest absolute Gasteiger partial charge is 0.399 e. The van der Waals surface area contributed by atoms with Crippen LogP contribution in [0.5, 0.6) is 0 Å². The van der Waals surface area contributed by atoms with E-state index in [9.17, 15) is 9.18 Å². The zero-order valence-corrected chi connectivity index (χ0v) is 11.6. The minimum Gasteiger partial charge on any atom is -0.399 e. The maximum Gasteiger partial charge on any atom is 0.323 e. The summed E-state index contributed by atoms with van der Waals surface area (Å²) in [7, 11) is 0. The van der Waals surface area contributed by atoms with Crippen LogP contribution in [0.15, 0.2) is 36.4 Å². The number of nitrogens with one attached hydrogen (secondary N) is 2. The van der Waals surface area contributed by atoms with Gasteiger partial charge in [0, 0.05) is 11.4 Å². The highest BCUT2D eigenvalue weighted by Gasteiger charge is 2.11. The monoisotopic (exact) mass is 313 g/mol. The molecule has 0 heterocycles. The van der Waals surface area contributed by atoms with Gasteiger partial charge in [-0.3, -0.25) is 0 Å². The Morgan fingerprint density at radius 1 is 1.05 bits per heavy atom. The fourth-order valence-corrected chi connectivity index (χ4v) is 2.06. The number of hydrogen-bond donors (Lipinski definition) is 3. The lowest BCUT2D eigenvalue weighted by molar-refractivity contribution is 0.262. The molecule has 0 aliphatic carbocycles. The van der Waals surface area contributed by atoms with Gasteiger partial charge < -0.3 is 16.4 Å². The van der Waals surface area contributed by atoms with E-state index in [1.165, 1.54) is 0 Å². The lowest BCUT2D eigenvalue weighted by Crippen LogP contribution is -2.19. The van der Waals surface area contributed by atoms with Gasteiger partial charge in [0.1, 0.15) is 5.82 Å². The lowest BCUT2D eigenvalue weighted by Gasteiger charge is -2.11. The van der Waals surface area contributed by atoms with E-state index in [2.05, 4.69) is 10.6 Å². The van der Waals surface area contributed by atoms with E-state index >= 15 is 0 Å². The van der Waals surface area contributed by atoms with Crippen LogP contribution in [-0.2, 0) is 0 Å². The molecule has 0 unspecified atom stereocenters. The summed E-state index contributed by atoms with van der Waals surface area (Å²) in [5.41, 5.74) is 6.81. The third-order valence-corrected chi connectivity index (χ3v) is 3.01. The summed E-state index contributed by atoms with van der Waals surface area (Å²) >= 11 is 11.6. The molecule has 0 aromatic heterocycles. The van der Waals surface area contributed by atoms with Crippen molar-refractivity contribution in [3.05, 3.63) is 52.3 Å². The Labute approximate surface area is 124 Å². The Morgan fingerprint density at radius 3 is 2.15 bits per heavy atom.